The van der Waals surface area contributed by atoms with Gasteiger partial charge in [-0.2, -0.15) is 0 Å². The molecule has 0 radical (unpaired) electrons. The van der Waals surface area contributed by atoms with Crippen LogP contribution in [0.3, 0.4) is 0 Å². The monoisotopic (exact) mass is 315 g/mol. The predicted octanol–water partition coefficient (Wildman–Crippen LogP) is 4.48. The number of aromatic nitrogens is 1. The molecule has 2 nitrogen and oxygen atoms in total. The smallest absolute Gasteiger partial charge is 0.267 e. The van der Waals surface area contributed by atoms with Gasteiger partial charge in [0.05, 0.1) is 6.54 Å². The Hall–Kier alpha value is -0.810. The Bertz CT molecular complexity index is 772. The van der Waals surface area contributed by atoms with Gasteiger partial charge in [-0.3, -0.25) is 8.75 Å². The molecule has 0 unspecified atom stereocenters. The molecule has 1 aromatic carbocycles. The fourth-order valence-electron chi connectivity index (χ4n) is 1.77. The highest BCUT2D eigenvalue weighted by Crippen LogP contribution is 2.29. The second-order valence-electron chi connectivity index (χ2n) is 3.81. The topological polar surface area (TPSA) is 22.0 Å². The largest absolute Gasteiger partial charge is 0.279 e. The summed E-state index contributed by atoms with van der Waals surface area (Å²) in [5.41, 5.74) is 0.959. The normalized spacial score (nSPS) is 11.2. The predicted molar refractivity (Wildman–Crippen MR) is 79.5 cm³/mol. The van der Waals surface area contributed by atoms with Gasteiger partial charge in [0.1, 0.15) is 5.02 Å². The van der Waals surface area contributed by atoms with Crippen molar-refractivity contribution in [3.05, 3.63) is 54.9 Å². The van der Waals surface area contributed by atoms with E-state index in [0.29, 0.717) is 11.6 Å². The summed E-state index contributed by atoms with van der Waals surface area (Å²) < 4.78 is 2.81. The van der Waals surface area contributed by atoms with Crippen molar-refractivity contribution in [2.24, 2.45) is 0 Å². The molecule has 3 rings (SSSR count). The molecule has 0 atom stereocenters. The molecule has 18 heavy (non-hydrogen) atoms. The molecule has 0 spiro atoms. The third-order valence-electron chi connectivity index (χ3n) is 2.64. The first kappa shape index (κ1) is 12.2. The molecule has 0 amide bonds. The molecule has 3 aromatic rings. The van der Waals surface area contributed by atoms with Crippen molar-refractivity contribution in [2.45, 2.75) is 6.54 Å². The minimum Gasteiger partial charge on any atom is -0.267 e. The highest BCUT2D eigenvalue weighted by molar-refractivity contribution is 7.17. The van der Waals surface area contributed by atoms with E-state index in [-0.39, 0.29) is 10.6 Å². The number of halogens is 2. The highest BCUT2D eigenvalue weighted by atomic mass is 35.5. The van der Waals surface area contributed by atoms with Gasteiger partial charge in [-0.15, -0.1) is 11.3 Å². The van der Waals surface area contributed by atoms with Crippen LogP contribution < -0.4 is 5.56 Å². The Balaban J connectivity index is 2.07. The summed E-state index contributed by atoms with van der Waals surface area (Å²) in [5.74, 6) is 0. The van der Waals surface area contributed by atoms with Gasteiger partial charge in [0.15, 0.2) is 0 Å². The summed E-state index contributed by atoms with van der Waals surface area (Å²) in [7, 11) is 0. The van der Waals surface area contributed by atoms with Crippen LogP contribution in [-0.2, 0) is 6.54 Å². The number of fused-ring (bicyclic) bond motifs is 1. The minimum absolute atomic E-state index is 0.136. The average molecular weight is 316 g/mol. The summed E-state index contributed by atoms with van der Waals surface area (Å²) in [6.45, 7) is 0.538. The lowest BCUT2D eigenvalue weighted by molar-refractivity contribution is 0.858. The first-order valence-corrected chi connectivity index (χ1v) is 7.62. The molecule has 92 valence electrons. The molecule has 2 aromatic heterocycles. The fraction of sp³-hybridized carbons (Fsp3) is 0.0833. The van der Waals surface area contributed by atoms with E-state index in [2.05, 4.69) is 5.38 Å². The molecule has 0 fully saturated rings. The number of nitrogens with zero attached hydrogens (tertiary/aromatic N) is 1. The maximum absolute atomic E-state index is 11.7. The maximum atomic E-state index is 11.7. The molecule has 6 heteroatoms. The van der Waals surface area contributed by atoms with Gasteiger partial charge in [-0.1, -0.05) is 34.7 Å². The second kappa shape index (κ2) is 4.70. The first-order chi connectivity index (χ1) is 8.65. The van der Waals surface area contributed by atoms with Crippen LogP contribution in [0.15, 0.2) is 33.8 Å². The lowest BCUT2D eigenvalue weighted by atomic mass is 10.2. The van der Waals surface area contributed by atoms with Gasteiger partial charge in [0, 0.05) is 15.1 Å². The first-order valence-electron chi connectivity index (χ1n) is 5.15. The van der Waals surface area contributed by atoms with Crippen LogP contribution in [0.5, 0.6) is 0 Å². The van der Waals surface area contributed by atoms with E-state index in [1.54, 1.807) is 20.7 Å². The zero-order valence-electron chi connectivity index (χ0n) is 9.02. The number of rotatable bonds is 2. The molecule has 0 aliphatic heterocycles. The van der Waals surface area contributed by atoms with E-state index in [9.17, 15) is 4.79 Å². The Labute approximate surface area is 121 Å². The standard InChI is InChI=1S/C12H7Cl2NOS2/c13-8-1-2-11-9(3-8)7(5-17-11)4-15-12(16)10(14)6-18-15/h1-3,5-6H,4H2. The summed E-state index contributed by atoms with van der Waals surface area (Å²) in [5, 5.41) is 5.80. The van der Waals surface area contributed by atoms with Crippen molar-refractivity contribution in [1.29, 1.82) is 0 Å². The molecule has 0 N–H and O–H groups in total. The minimum atomic E-state index is -0.136. The van der Waals surface area contributed by atoms with Gasteiger partial charge in [-0.25, -0.2) is 0 Å². The van der Waals surface area contributed by atoms with Crippen molar-refractivity contribution < 1.29 is 0 Å². The Morgan fingerprint density at radius 3 is 2.78 bits per heavy atom. The SMILES string of the molecule is O=c1c(Cl)csn1Cc1csc2ccc(Cl)cc12. The Morgan fingerprint density at radius 1 is 1.22 bits per heavy atom. The third kappa shape index (κ3) is 2.10. The van der Waals surface area contributed by atoms with Crippen molar-refractivity contribution in [2.75, 3.05) is 0 Å². The summed E-state index contributed by atoms with van der Waals surface area (Å²) >= 11 is 14.8. The summed E-state index contributed by atoms with van der Waals surface area (Å²) in [4.78, 5) is 11.7. The molecule has 0 bridgehead atoms. The van der Waals surface area contributed by atoms with Crippen molar-refractivity contribution in [1.82, 2.24) is 3.96 Å². The lowest BCUT2D eigenvalue weighted by Crippen LogP contribution is -2.13. The quantitative estimate of drug-likeness (QED) is 0.683. The van der Waals surface area contributed by atoms with Crippen LogP contribution in [0.1, 0.15) is 5.56 Å². The zero-order chi connectivity index (χ0) is 12.7. The second-order valence-corrected chi connectivity index (χ2v) is 6.46. The molecule has 0 saturated heterocycles. The van der Waals surface area contributed by atoms with Crippen LogP contribution >= 0.6 is 46.1 Å². The van der Waals surface area contributed by atoms with E-state index < -0.39 is 0 Å². The average Bonchev–Trinajstić information content (AvgIpc) is 2.88. The molecule has 0 aliphatic rings. The van der Waals surface area contributed by atoms with E-state index in [4.69, 9.17) is 23.2 Å². The van der Waals surface area contributed by atoms with Gasteiger partial charge in [0.25, 0.3) is 5.56 Å². The molecular formula is C12H7Cl2NOS2. The van der Waals surface area contributed by atoms with E-state index in [1.807, 2.05) is 18.2 Å². The van der Waals surface area contributed by atoms with Crippen LogP contribution in [0, 0.1) is 0 Å². The number of hydrogen-bond acceptors (Lipinski definition) is 3. The van der Waals surface area contributed by atoms with Gasteiger partial charge >= 0.3 is 0 Å². The molecular weight excluding hydrogens is 309 g/mol. The fourth-order valence-corrected chi connectivity index (χ4v) is 3.87. The number of hydrogen-bond donors (Lipinski definition) is 0. The van der Waals surface area contributed by atoms with E-state index in [0.717, 1.165) is 10.9 Å². The van der Waals surface area contributed by atoms with Crippen molar-refractivity contribution in [3.63, 3.8) is 0 Å². The van der Waals surface area contributed by atoms with E-state index in [1.165, 1.54) is 16.2 Å². The molecule has 0 saturated carbocycles. The molecule has 2 heterocycles. The third-order valence-corrected chi connectivity index (χ3v) is 5.18. The van der Waals surface area contributed by atoms with Crippen molar-refractivity contribution in [3.8, 4) is 0 Å². The van der Waals surface area contributed by atoms with Crippen LogP contribution in [0.4, 0.5) is 0 Å². The van der Waals surface area contributed by atoms with Gasteiger partial charge < -0.3 is 0 Å². The van der Waals surface area contributed by atoms with Crippen LogP contribution in [0.25, 0.3) is 10.1 Å². The van der Waals surface area contributed by atoms with Crippen molar-refractivity contribution >= 4 is 56.2 Å². The highest BCUT2D eigenvalue weighted by Gasteiger charge is 2.09. The van der Waals surface area contributed by atoms with Gasteiger partial charge in [-0.05, 0) is 34.5 Å². The lowest BCUT2D eigenvalue weighted by Gasteiger charge is -2.00. The number of benzene rings is 1. The maximum Gasteiger partial charge on any atom is 0.279 e. The number of thiophene rings is 1. The van der Waals surface area contributed by atoms with Gasteiger partial charge in [0.2, 0.25) is 0 Å². The van der Waals surface area contributed by atoms with Crippen LogP contribution in [0.2, 0.25) is 10.0 Å². The van der Waals surface area contributed by atoms with E-state index >= 15 is 0 Å². The Kier molecular flexibility index (Phi) is 3.20. The Morgan fingerprint density at radius 2 is 2.06 bits per heavy atom. The van der Waals surface area contributed by atoms with Crippen LogP contribution in [-0.4, -0.2) is 3.96 Å². The summed E-state index contributed by atoms with van der Waals surface area (Å²) in [6.07, 6.45) is 0. The molecule has 0 aliphatic carbocycles. The zero-order valence-corrected chi connectivity index (χ0v) is 12.2. The summed E-state index contributed by atoms with van der Waals surface area (Å²) in [6, 6.07) is 5.80.